The molecule has 2 atom stereocenters. The second-order valence-electron chi connectivity index (χ2n) is 5.62. The Morgan fingerprint density at radius 2 is 1.94 bits per heavy atom. The van der Waals surface area contributed by atoms with Gasteiger partial charge in [0.05, 0.1) is 18.6 Å². The minimum absolute atomic E-state index is 0.0305. The fourth-order valence-electron chi connectivity index (χ4n) is 2.54. The Morgan fingerprint density at radius 3 is 2.47 bits per heavy atom. The summed E-state index contributed by atoms with van der Waals surface area (Å²) in [6.07, 6.45) is 3.92. The van der Waals surface area contributed by atoms with Gasteiger partial charge in [0.2, 0.25) is 5.91 Å². The highest BCUT2D eigenvalue weighted by Gasteiger charge is 2.44. The second kappa shape index (κ2) is 4.92. The molecule has 1 saturated heterocycles. The first-order valence-corrected chi connectivity index (χ1v) is 6.42. The van der Waals surface area contributed by atoms with Crippen LogP contribution in [0.4, 0.5) is 0 Å². The molecule has 2 aliphatic rings. The fraction of sp³-hybridized carbons (Fsp3) is 0.917. The third-order valence-electron chi connectivity index (χ3n) is 4.14. The normalized spacial score (nSPS) is 42.4. The lowest BCUT2D eigenvalue weighted by atomic mass is 9.83. The molecule has 98 valence electrons. The summed E-state index contributed by atoms with van der Waals surface area (Å²) in [6, 6.07) is 0.357. The fourth-order valence-corrected chi connectivity index (χ4v) is 2.54. The summed E-state index contributed by atoms with van der Waals surface area (Å²) in [7, 11) is 0. The molecule has 1 aliphatic heterocycles. The maximum atomic E-state index is 12.2. The van der Waals surface area contributed by atoms with Crippen LogP contribution in [0.3, 0.4) is 0 Å². The Kier molecular flexibility index (Phi) is 3.70. The zero-order valence-corrected chi connectivity index (χ0v) is 10.4. The van der Waals surface area contributed by atoms with Crippen molar-refractivity contribution in [3.8, 4) is 0 Å². The lowest BCUT2D eigenvalue weighted by molar-refractivity contribution is -0.131. The SMILES string of the molecule is CC1(C(=O)NC2CCC(N)CC2)COCC1N. The number of nitrogens with two attached hydrogens (primary N) is 2. The van der Waals surface area contributed by atoms with E-state index in [-0.39, 0.29) is 18.0 Å². The van der Waals surface area contributed by atoms with E-state index < -0.39 is 5.41 Å². The van der Waals surface area contributed by atoms with Gasteiger partial charge >= 0.3 is 0 Å². The van der Waals surface area contributed by atoms with Gasteiger partial charge in [0.15, 0.2) is 0 Å². The molecule has 1 amide bonds. The van der Waals surface area contributed by atoms with Gasteiger partial charge in [-0.3, -0.25) is 4.79 Å². The number of carbonyl (C=O) groups excluding carboxylic acids is 1. The largest absolute Gasteiger partial charge is 0.379 e. The molecule has 0 aromatic carbocycles. The van der Waals surface area contributed by atoms with Crippen molar-refractivity contribution in [2.45, 2.75) is 50.7 Å². The van der Waals surface area contributed by atoms with Gasteiger partial charge in [0.1, 0.15) is 0 Å². The average molecular weight is 241 g/mol. The summed E-state index contributed by atoms with van der Waals surface area (Å²) < 4.78 is 5.29. The van der Waals surface area contributed by atoms with Crippen molar-refractivity contribution in [1.29, 1.82) is 0 Å². The van der Waals surface area contributed by atoms with Crippen molar-refractivity contribution in [2.24, 2.45) is 16.9 Å². The quantitative estimate of drug-likeness (QED) is 0.621. The van der Waals surface area contributed by atoms with E-state index in [0.29, 0.717) is 19.3 Å². The van der Waals surface area contributed by atoms with Crippen molar-refractivity contribution in [1.82, 2.24) is 5.32 Å². The van der Waals surface area contributed by atoms with Crippen molar-refractivity contribution in [2.75, 3.05) is 13.2 Å². The maximum Gasteiger partial charge on any atom is 0.230 e. The average Bonchev–Trinajstić information content (AvgIpc) is 2.64. The van der Waals surface area contributed by atoms with Crippen LogP contribution < -0.4 is 16.8 Å². The molecule has 0 aromatic rings. The van der Waals surface area contributed by atoms with E-state index in [2.05, 4.69) is 5.32 Å². The number of rotatable bonds is 2. The summed E-state index contributed by atoms with van der Waals surface area (Å²) in [5, 5.41) is 3.10. The van der Waals surface area contributed by atoms with Gasteiger partial charge in [-0.05, 0) is 32.6 Å². The molecule has 0 spiro atoms. The molecule has 2 fully saturated rings. The molecule has 0 radical (unpaired) electrons. The van der Waals surface area contributed by atoms with Crippen LogP contribution >= 0.6 is 0 Å². The van der Waals surface area contributed by atoms with E-state index >= 15 is 0 Å². The smallest absolute Gasteiger partial charge is 0.230 e. The number of ether oxygens (including phenoxy) is 1. The van der Waals surface area contributed by atoms with Crippen molar-refractivity contribution < 1.29 is 9.53 Å². The Morgan fingerprint density at radius 1 is 1.29 bits per heavy atom. The third kappa shape index (κ3) is 2.61. The highest BCUT2D eigenvalue weighted by molar-refractivity contribution is 5.83. The first-order chi connectivity index (χ1) is 8.02. The predicted molar refractivity (Wildman–Crippen MR) is 65.3 cm³/mol. The van der Waals surface area contributed by atoms with Crippen molar-refractivity contribution in [3.63, 3.8) is 0 Å². The number of hydrogen-bond acceptors (Lipinski definition) is 4. The summed E-state index contributed by atoms with van der Waals surface area (Å²) in [5.74, 6) is 0.0305. The van der Waals surface area contributed by atoms with Crippen LogP contribution in [0.1, 0.15) is 32.6 Å². The van der Waals surface area contributed by atoms with Gasteiger partial charge in [-0.15, -0.1) is 0 Å². The van der Waals surface area contributed by atoms with Crippen LogP contribution in [0.25, 0.3) is 0 Å². The Labute approximate surface area is 102 Å². The zero-order chi connectivity index (χ0) is 12.5. The molecule has 0 bridgehead atoms. The predicted octanol–water partition coefficient (Wildman–Crippen LogP) is -0.264. The van der Waals surface area contributed by atoms with Gasteiger partial charge in [0.25, 0.3) is 0 Å². The van der Waals surface area contributed by atoms with Gasteiger partial charge in [-0.25, -0.2) is 0 Å². The van der Waals surface area contributed by atoms with E-state index in [1.54, 1.807) is 0 Å². The molecule has 1 heterocycles. The molecule has 17 heavy (non-hydrogen) atoms. The Bertz CT molecular complexity index is 289. The first kappa shape index (κ1) is 12.8. The standard InChI is InChI=1S/C12H23N3O2/c1-12(7-17-6-10(12)14)11(16)15-9-4-2-8(13)3-5-9/h8-10H,2-7,13-14H2,1H3,(H,15,16). The first-order valence-electron chi connectivity index (χ1n) is 6.42. The molecule has 5 heteroatoms. The summed E-state index contributed by atoms with van der Waals surface area (Å²) in [4.78, 5) is 12.2. The third-order valence-corrected chi connectivity index (χ3v) is 4.14. The molecule has 1 saturated carbocycles. The topological polar surface area (TPSA) is 90.4 Å². The van der Waals surface area contributed by atoms with Gasteiger partial charge in [-0.2, -0.15) is 0 Å². The monoisotopic (exact) mass is 241 g/mol. The Balaban J connectivity index is 1.88. The molecular weight excluding hydrogens is 218 g/mol. The van der Waals surface area contributed by atoms with Gasteiger partial charge < -0.3 is 21.5 Å². The minimum atomic E-state index is -0.570. The van der Waals surface area contributed by atoms with E-state index in [1.165, 1.54) is 0 Å². The van der Waals surface area contributed by atoms with Crippen LogP contribution in [-0.4, -0.2) is 37.2 Å². The molecule has 0 aromatic heterocycles. The van der Waals surface area contributed by atoms with Crippen LogP contribution in [0, 0.1) is 5.41 Å². The molecule has 2 unspecified atom stereocenters. The summed E-state index contributed by atoms with van der Waals surface area (Å²) in [6.45, 7) is 2.78. The van der Waals surface area contributed by atoms with Gasteiger partial charge in [-0.1, -0.05) is 0 Å². The number of hydrogen-bond donors (Lipinski definition) is 3. The molecule has 1 aliphatic carbocycles. The lowest BCUT2D eigenvalue weighted by Gasteiger charge is -2.31. The zero-order valence-electron chi connectivity index (χ0n) is 10.4. The second-order valence-corrected chi connectivity index (χ2v) is 5.62. The van der Waals surface area contributed by atoms with Crippen LogP contribution in [0.2, 0.25) is 0 Å². The van der Waals surface area contributed by atoms with E-state index in [0.717, 1.165) is 25.7 Å². The van der Waals surface area contributed by atoms with Crippen LogP contribution in [-0.2, 0) is 9.53 Å². The maximum absolute atomic E-state index is 12.2. The number of carbonyl (C=O) groups is 1. The lowest BCUT2D eigenvalue weighted by Crippen LogP contribution is -2.53. The van der Waals surface area contributed by atoms with E-state index in [1.807, 2.05) is 6.92 Å². The molecular formula is C12H23N3O2. The van der Waals surface area contributed by atoms with Crippen molar-refractivity contribution >= 4 is 5.91 Å². The van der Waals surface area contributed by atoms with Crippen LogP contribution in [0.5, 0.6) is 0 Å². The number of amides is 1. The minimum Gasteiger partial charge on any atom is -0.379 e. The van der Waals surface area contributed by atoms with Crippen molar-refractivity contribution in [3.05, 3.63) is 0 Å². The molecule has 5 nitrogen and oxygen atoms in total. The van der Waals surface area contributed by atoms with E-state index in [9.17, 15) is 4.79 Å². The number of nitrogens with one attached hydrogen (secondary N) is 1. The summed E-state index contributed by atoms with van der Waals surface area (Å²) in [5.41, 5.74) is 11.2. The Hall–Kier alpha value is -0.650. The van der Waals surface area contributed by atoms with E-state index in [4.69, 9.17) is 16.2 Å². The highest BCUT2D eigenvalue weighted by Crippen LogP contribution is 2.28. The molecule has 2 rings (SSSR count). The summed E-state index contributed by atoms with van der Waals surface area (Å²) >= 11 is 0. The highest BCUT2D eigenvalue weighted by atomic mass is 16.5. The van der Waals surface area contributed by atoms with Crippen LogP contribution in [0.15, 0.2) is 0 Å². The molecule has 5 N–H and O–H groups in total. The van der Waals surface area contributed by atoms with Gasteiger partial charge in [0, 0.05) is 18.1 Å².